The van der Waals surface area contributed by atoms with Crippen molar-refractivity contribution in [2.24, 2.45) is 0 Å². The van der Waals surface area contributed by atoms with Crippen LogP contribution in [0.4, 0.5) is 23.8 Å². The summed E-state index contributed by atoms with van der Waals surface area (Å²) in [4.78, 5) is 22.9. The van der Waals surface area contributed by atoms with Crippen molar-refractivity contribution in [1.82, 2.24) is 19.3 Å². The number of alkyl halides is 3. The summed E-state index contributed by atoms with van der Waals surface area (Å²) in [7, 11) is 3.15. The van der Waals surface area contributed by atoms with E-state index < -0.39 is 24.2 Å². The predicted molar refractivity (Wildman–Crippen MR) is 153 cm³/mol. The van der Waals surface area contributed by atoms with E-state index in [-0.39, 0.29) is 26.0 Å². The Morgan fingerprint density at radius 3 is 2.62 bits per heavy atom. The summed E-state index contributed by atoms with van der Waals surface area (Å²) in [5, 5.41) is 3.30. The van der Waals surface area contributed by atoms with E-state index >= 15 is 0 Å². The SMILES string of the molecule is COc1ccc(CNc2nc(Br)cn3c([C@@H]4CC[C@@H](C(F)(F)F)N(C(=O)OCc5ccccc5)C4)ncc23)c(OC)c1. The van der Waals surface area contributed by atoms with Gasteiger partial charge in [0, 0.05) is 36.8 Å². The molecule has 5 rings (SSSR count). The van der Waals surface area contributed by atoms with Crippen LogP contribution in [0.25, 0.3) is 5.52 Å². The van der Waals surface area contributed by atoms with E-state index in [2.05, 4.69) is 31.2 Å². The van der Waals surface area contributed by atoms with E-state index in [4.69, 9.17) is 14.2 Å². The zero-order valence-electron chi connectivity index (χ0n) is 22.9. The van der Waals surface area contributed by atoms with Gasteiger partial charge in [-0.15, -0.1) is 0 Å². The zero-order valence-corrected chi connectivity index (χ0v) is 24.5. The van der Waals surface area contributed by atoms with E-state index in [0.29, 0.717) is 45.4 Å². The highest BCUT2D eigenvalue weighted by Gasteiger charge is 2.49. The van der Waals surface area contributed by atoms with Gasteiger partial charge >= 0.3 is 12.3 Å². The second-order valence-electron chi connectivity index (χ2n) is 9.84. The average Bonchev–Trinajstić information content (AvgIpc) is 3.42. The minimum atomic E-state index is -4.59. The molecule has 1 fully saturated rings. The molecule has 0 unspecified atom stereocenters. The molecule has 1 aliphatic heterocycles. The van der Waals surface area contributed by atoms with E-state index in [1.54, 1.807) is 67.4 Å². The molecule has 1 aliphatic rings. The molecule has 42 heavy (non-hydrogen) atoms. The topological polar surface area (TPSA) is 90.2 Å². The molecule has 3 heterocycles. The maximum absolute atomic E-state index is 14.0. The van der Waals surface area contributed by atoms with Gasteiger partial charge in [-0.3, -0.25) is 9.30 Å². The number of halogens is 4. The minimum absolute atomic E-state index is 0.121. The van der Waals surface area contributed by atoms with Crippen LogP contribution in [0.15, 0.2) is 65.5 Å². The number of imidazole rings is 1. The number of nitrogens with zero attached hydrogens (tertiary/aromatic N) is 4. The van der Waals surface area contributed by atoms with Crippen molar-refractivity contribution in [3.63, 3.8) is 0 Å². The summed E-state index contributed by atoms with van der Waals surface area (Å²) >= 11 is 3.44. The van der Waals surface area contributed by atoms with Gasteiger partial charge in [-0.25, -0.2) is 14.8 Å². The number of hydrogen-bond donors (Lipinski definition) is 1. The first-order valence-corrected chi connectivity index (χ1v) is 14.0. The molecule has 2 aromatic heterocycles. The number of carbonyl (C=O) groups excluding carboxylic acids is 1. The molecule has 0 radical (unpaired) electrons. The first kappa shape index (κ1) is 29.5. The molecule has 1 amide bonds. The Hall–Kier alpha value is -4.00. The minimum Gasteiger partial charge on any atom is -0.497 e. The highest BCUT2D eigenvalue weighted by molar-refractivity contribution is 9.10. The van der Waals surface area contributed by atoms with Crippen LogP contribution in [-0.2, 0) is 17.9 Å². The lowest BCUT2D eigenvalue weighted by atomic mass is 9.92. The van der Waals surface area contributed by atoms with Gasteiger partial charge in [-0.05, 0) is 46.5 Å². The van der Waals surface area contributed by atoms with Crippen molar-refractivity contribution >= 4 is 33.4 Å². The fraction of sp³-hybridized carbons (Fsp3) is 0.345. The number of anilines is 1. The van der Waals surface area contributed by atoms with Crippen LogP contribution >= 0.6 is 15.9 Å². The number of aromatic nitrogens is 3. The van der Waals surface area contributed by atoms with Gasteiger partial charge in [0.2, 0.25) is 0 Å². The van der Waals surface area contributed by atoms with Gasteiger partial charge in [0.25, 0.3) is 0 Å². The van der Waals surface area contributed by atoms with E-state index in [9.17, 15) is 18.0 Å². The molecule has 4 aromatic rings. The van der Waals surface area contributed by atoms with Crippen molar-refractivity contribution in [1.29, 1.82) is 0 Å². The molecule has 9 nitrogen and oxygen atoms in total. The number of ether oxygens (including phenoxy) is 3. The van der Waals surface area contributed by atoms with Crippen LogP contribution in [0.2, 0.25) is 0 Å². The van der Waals surface area contributed by atoms with Crippen LogP contribution < -0.4 is 14.8 Å². The van der Waals surface area contributed by atoms with Crippen molar-refractivity contribution in [3.05, 3.63) is 82.5 Å². The second kappa shape index (κ2) is 12.5. The van der Waals surface area contributed by atoms with Crippen LogP contribution in [0.3, 0.4) is 0 Å². The second-order valence-corrected chi connectivity index (χ2v) is 10.7. The van der Waals surface area contributed by atoms with Crippen LogP contribution in [0.1, 0.15) is 35.7 Å². The number of hydrogen-bond acceptors (Lipinski definition) is 7. The Bertz CT molecular complexity index is 1550. The number of likely N-dealkylation sites (tertiary alicyclic amines) is 1. The standard InChI is InChI=1S/C29H29BrF3N5O4/c1-40-21-10-8-19(23(12-21)41-2)13-34-26-22-14-35-27(37(22)16-25(30)36-26)20-9-11-24(29(31,32)33)38(15-20)28(39)42-17-18-6-4-3-5-7-18/h3-8,10,12,14,16,20,24H,9,11,13,15,17H2,1-2H3,(H,34,36)/t20-,24+/m1/s1. The molecule has 0 spiro atoms. The normalized spacial score (nSPS) is 17.2. The Balaban J connectivity index is 1.37. The molecular weight excluding hydrogens is 619 g/mol. The smallest absolute Gasteiger partial charge is 0.410 e. The number of benzene rings is 2. The van der Waals surface area contributed by atoms with Crippen molar-refractivity contribution in [2.45, 2.75) is 44.1 Å². The van der Waals surface area contributed by atoms with Crippen LogP contribution in [0, 0.1) is 0 Å². The van der Waals surface area contributed by atoms with Gasteiger partial charge < -0.3 is 19.5 Å². The average molecular weight is 648 g/mol. The molecule has 2 atom stereocenters. The molecule has 2 aromatic carbocycles. The van der Waals surface area contributed by atoms with Gasteiger partial charge in [0.15, 0.2) is 5.82 Å². The quantitative estimate of drug-likeness (QED) is 0.231. The Morgan fingerprint density at radius 1 is 1.12 bits per heavy atom. The Kier molecular flexibility index (Phi) is 8.76. The maximum atomic E-state index is 14.0. The molecule has 0 bridgehead atoms. The number of rotatable bonds is 8. The van der Waals surface area contributed by atoms with Crippen LogP contribution in [0.5, 0.6) is 11.5 Å². The maximum Gasteiger partial charge on any atom is 0.410 e. The number of amides is 1. The van der Waals surface area contributed by atoms with Gasteiger partial charge in [-0.2, -0.15) is 13.2 Å². The number of fused-ring (bicyclic) bond motifs is 1. The zero-order chi connectivity index (χ0) is 29.9. The molecular formula is C29H29BrF3N5O4. The first-order chi connectivity index (χ1) is 20.2. The fourth-order valence-corrected chi connectivity index (χ4v) is 5.50. The number of piperidine rings is 1. The number of methoxy groups -OCH3 is 2. The largest absolute Gasteiger partial charge is 0.497 e. The predicted octanol–water partition coefficient (Wildman–Crippen LogP) is 6.57. The van der Waals surface area contributed by atoms with E-state index in [0.717, 1.165) is 10.5 Å². The fourth-order valence-electron chi connectivity index (χ4n) is 5.12. The van der Waals surface area contributed by atoms with Gasteiger partial charge in [0.05, 0.1) is 20.4 Å². The molecule has 0 aliphatic carbocycles. The highest BCUT2D eigenvalue weighted by Crippen LogP contribution is 2.38. The van der Waals surface area contributed by atoms with Crippen LogP contribution in [-0.4, -0.2) is 58.3 Å². The lowest BCUT2D eigenvalue weighted by molar-refractivity contribution is -0.187. The lowest BCUT2D eigenvalue weighted by Gasteiger charge is -2.39. The van der Waals surface area contributed by atoms with E-state index in [1.165, 1.54) is 0 Å². The summed E-state index contributed by atoms with van der Waals surface area (Å²) in [6.07, 6.45) is -2.33. The lowest BCUT2D eigenvalue weighted by Crippen LogP contribution is -2.53. The molecule has 222 valence electrons. The number of carbonyl (C=O) groups is 1. The summed E-state index contributed by atoms with van der Waals surface area (Å²) < 4.78 is 60.2. The van der Waals surface area contributed by atoms with E-state index in [1.807, 2.05) is 12.1 Å². The van der Waals surface area contributed by atoms with Gasteiger partial charge in [0.1, 0.15) is 40.1 Å². The third-order valence-corrected chi connectivity index (χ3v) is 7.61. The van der Waals surface area contributed by atoms with Crippen molar-refractivity contribution < 1.29 is 32.2 Å². The highest BCUT2D eigenvalue weighted by atomic mass is 79.9. The van der Waals surface area contributed by atoms with Crippen molar-refractivity contribution in [2.75, 3.05) is 26.1 Å². The summed E-state index contributed by atoms with van der Waals surface area (Å²) in [6.45, 7) is 0.0670. The monoisotopic (exact) mass is 647 g/mol. The summed E-state index contributed by atoms with van der Waals surface area (Å²) in [5.41, 5.74) is 2.19. The number of nitrogens with one attached hydrogen (secondary N) is 1. The third-order valence-electron chi connectivity index (χ3n) is 7.23. The molecule has 1 N–H and O–H groups in total. The first-order valence-electron chi connectivity index (χ1n) is 13.2. The third kappa shape index (κ3) is 6.40. The Labute approximate surface area is 248 Å². The van der Waals surface area contributed by atoms with Gasteiger partial charge in [-0.1, -0.05) is 30.3 Å². The molecule has 0 saturated carbocycles. The molecule has 1 saturated heterocycles. The Morgan fingerprint density at radius 2 is 1.90 bits per heavy atom. The molecule has 13 heteroatoms. The van der Waals surface area contributed by atoms with Crippen molar-refractivity contribution in [3.8, 4) is 11.5 Å². The summed E-state index contributed by atoms with van der Waals surface area (Å²) in [5.74, 6) is 1.89. The summed E-state index contributed by atoms with van der Waals surface area (Å²) in [6, 6.07) is 12.4.